The van der Waals surface area contributed by atoms with Crippen LogP contribution in [0.2, 0.25) is 0 Å². The molecule has 5 aliphatic rings. The van der Waals surface area contributed by atoms with Crippen molar-refractivity contribution in [2.75, 3.05) is 18.1 Å². The van der Waals surface area contributed by atoms with E-state index in [1.165, 1.54) is 43.4 Å². The van der Waals surface area contributed by atoms with Gasteiger partial charge in [0.15, 0.2) is 0 Å². The number of nitrogens with one attached hydrogen (secondary N) is 1. The van der Waals surface area contributed by atoms with Gasteiger partial charge in [-0.25, -0.2) is 4.90 Å². The molecule has 5 heteroatoms. The Morgan fingerprint density at radius 3 is 2.24 bits per heavy atom. The summed E-state index contributed by atoms with van der Waals surface area (Å²) in [5.41, 5.74) is 1.01. The summed E-state index contributed by atoms with van der Waals surface area (Å²) < 4.78 is 5.60. The van der Waals surface area contributed by atoms with E-state index in [2.05, 4.69) is 12.2 Å². The molecular formula is C24H32N2O3. The van der Waals surface area contributed by atoms with Gasteiger partial charge in [-0.2, -0.15) is 0 Å². The molecule has 1 aromatic carbocycles. The van der Waals surface area contributed by atoms with Crippen molar-refractivity contribution in [1.29, 1.82) is 0 Å². The number of carbonyl (C=O) groups excluding carboxylic acids is 2. The third kappa shape index (κ3) is 3.58. The molecule has 5 fully saturated rings. The average molecular weight is 397 g/mol. The van der Waals surface area contributed by atoms with Gasteiger partial charge in [-0.1, -0.05) is 6.92 Å². The molecule has 156 valence electrons. The van der Waals surface area contributed by atoms with Crippen molar-refractivity contribution in [2.45, 2.75) is 64.3 Å². The Labute approximate surface area is 173 Å². The van der Waals surface area contributed by atoms with Gasteiger partial charge in [0, 0.05) is 6.54 Å². The Hall–Kier alpha value is -1.88. The van der Waals surface area contributed by atoms with E-state index < -0.39 is 0 Å². The van der Waals surface area contributed by atoms with Gasteiger partial charge in [-0.15, -0.1) is 0 Å². The lowest BCUT2D eigenvalue weighted by Crippen LogP contribution is -2.52. The zero-order valence-electron chi connectivity index (χ0n) is 17.4. The Bertz CT molecular complexity index is 753. The van der Waals surface area contributed by atoms with Crippen molar-refractivity contribution in [3.05, 3.63) is 24.3 Å². The molecule has 1 aliphatic heterocycles. The number of hydrogen-bond donors (Lipinski definition) is 1. The van der Waals surface area contributed by atoms with E-state index in [0.29, 0.717) is 17.7 Å². The summed E-state index contributed by atoms with van der Waals surface area (Å²) in [5.74, 6) is 3.24. The molecule has 4 saturated carbocycles. The first kappa shape index (κ1) is 19.1. The molecule has 0 spiro atoms. The maximum Gasteiger partial charge on any atom is 0.251 e. The van der Waals surface area contributed by atoms with Crippen LogP contribution < -0.4 is 15.0 Å². The van der Waals surface area contributed by atoms with Crippen LogP contribution in [0, 0.1) is 23.2 Å². The van der Waals surface area contributed by atoms with Crippen LogP contribution in [0.25, 0.3) is 0 Å². The van der Waals surface area contributed by atoms with Gasteiger partial charge in [0.1, 0.15) is 5.75 Å². The van der Waals surface area contributed by atoms with Crippen LogP contribution in [0.1, 0.15) is 58.3 Å². The summed E-state index contributed by atoms with van der Waals surface area (Å²) in [7, 11) is 0. The maximum absolute atomic E-state index is 13.0. The molecule has 1 atom stereocenters. The number of benzene rings is 1. The molecule has 4 bridgehead atoms. The van der Waals surface area contributed by atoms with Gasteiger partial charge < -0.3 is 10.1 Å². The van der Waals surface area contributed by atoms with Crippen molar-refractivity contribution in [3.8, 4) is 5.75 Å². The molecule has 1 saturated heterocycles. The number of carbonyl (C=O) groups is 2. The summed E-state index contributed by atoms with van der Waals surface area (Å²) in [4.78, 5) is 27.0. The summed E-state index contributed by atoms with van der Waals surface area (Å²) in [6.45, 7) is 3.61. The number of amides is 2. The molecule has 5 nitrogen and oxygen atoms in total. The van der Waals surface area contributed by atoms with Crippen LogP contribution in [-0.4, -0.2) is 31.0 Å². The van der Waals surface area contributed by atoms with Gasteiger partial charge in [-0.3, -0.25) is 9.59 Å². The number of ether oxygens (including phenoxy) is 1. The van der Waals surface area contributed by atoms with E-state index >= 15 is 0 Å². The Balaban J connectivity index is 1.23. The van der Waals surface area contributed by atoms with Gasteiger partial charge in [0.2, 0.25) is 5.91 Å². The minimum absolute atomic E-state index is 0.109. The molecule has 0 aromatic heterocycles. The topological polar surface area (TPSA) is 58.6 Å². The van der Waals surface area contributed by atoms with E-state index in [0.717, 1.165) is 36.5 Å². The normalized spacial score (nSPS) is 35.6. The van der Waals surface area contributed by atoms with E-state index in [1.54, 1.807) is 0 Å². The van der Waals surface area contributed by atoms with Gasteiger partial charge in [-0.05, 0) is 92.4 Å². The largest absolute Gasteiger partial charge is 0.494 e. The Morgan fingerprint density at radius 1 is 1.03 bits per heavy atom. The predicted octanol–water partition coefficient (Wildman–Crippen LogP) is 3.91. The van der Waals surface area contributed by atoms with E-state index in [4.69, 9.17) is 4.74 Å². The average Bonchev–Trinajstić information content (AvgIpc) is 2.98. The van der Waals surface area contributed by atoms with Crippen molar-refractivity contribution in [2.24, 2.45) is 23.2 Å². The fourth-order valence-electron chi connectivity index (χ4n) is 6.82. The second kappa shape index (κ2) is 7.42. The van der Waals surface area contributed by atoms with E-state index in [-0.39, 0.29) is 24.3 Å². The highest BCUT2D eigenvalue weighted by atomic mass is 16.5. The van der Waals surface area contributed by atoms with Crippen LogP contribution in [0.3, 0.4) is 0 Å². The zero-order chi connectivity index (χ0) is 20.0. The third-order valence-electron chi connectivity index (χ3n) is 7.60. The molecular weight excluding hydrogens is 364 g/mol. The lowest BCUT2D eigenvalue weighted by molar-refractivity contribution is -0.121. The summed E-state index contributed by atoms with van der Waals surface area (Å²) in [6, 6.07) is 6.90. The molecule has 0 radical (unpaired) electrons. The fourth-order valence-corrected chi connectivity index (χ4v) is 6.82. The van der Waals surface area contributed by atoms with Crippen LogP contribution >= 0.6 is 0 Å². The summed E-state index contributed by atoms with van der Waals surface area (Å²) in [5, 5.41) is 3.52. The van der Waals surface area contributed by atoms with Crippen LogP contribution in [0.5, 0.6) is 5.75 Å². The van der Waals surface area contributed by atoms with Crippen LogP contribution in [0.4, 0.5) is 5.69 Å². The first-order valence-corrected chi connectivity index (χ1v) is 11.4. The molecule has 1 aromatic rings. The highest BCUT2D eigenvalue weighted by Crippen LogP contribution is 2.59. The minimum atomic E-state index is -0.383. The third-order valence-corrected chi connectivity index (χ3v) is 7.60. The Kier molecular flexibility index (Phi) is 4.89. The molecule has 1 unspecified atom stereocenters. The predicted molar refractivity (Wildman–Crippen MR) is 112 cm³/mol. The van der Waals surface area contributed by atoms with Crippen molar-refractivity contribution < 1.29 is 14.3 Å². The SMILES string of the molecule is CCCOc1ccc(N2C(=O)CC(NCC34CC5CC(CC(C5)C3)C4)C2=O)cc1. The fraction of sp³-hybridized carbons (Fsp3) is 0.667. The second-order valence-corrected chi connectivity index (χ2v) is 9.96. The monoisotopic (exact) mass is 396 g/mol. The molecule has 1 N–H and O–H groups in total. The number of nitrogens with zero attached hydrogens (tertiary/aromatic N) is 1. The van der Waals surface area contributed by atoms with Crippen molar-refractivity contribution in [1.82, 2.24) is 5.32 Å². The number of hydrogen-bond acceptors (Lipinski definition) is 4. The molecule has 2 amide bonds. The van der Waals surface area contributed by atoms with Crippen LogP contribution in [0.15, 0.2) is 24.3 Å². The highest BCUT2D eigenvalue weighted by Gasteiger charge is 2.51. The molecule has 6 rings (SSSR count). The minimum Gasteiger partial charge on any atom is -0.494 e. The summed E-state index contributed by atoms with van der Waals surface area (Å²) in [6.07, 6.45) is 9.40. The highest BCUT2D eigenvalue weighted by molar-refractivity contribution is 6.22. The number of anilines is 1. The summed E-state index contributed by atoms with van der Waals surface area (Å²) >= 11 is 0. The lowest BCUT2D eigenvalue weighted by atomic mass is 9.49. The van der Waals surface area contributed by atoms with Crippen LogP contribution in [-0.2, 0) is 9.59 Å². The smallest absolute Gasteiger partial charge is 0.251 e. The van der Waals surface area contributed by atoms with Gasteiger partial charge >= 0.3 is 0 Å². The zero-order valence-corrected chi connectivity index (χ0v) is 17.4. The molecule has 29 heavy (non-hydrogen) atoms. The second-order valence-electron chi connectivity index (χ2n) is 9.96. The van der Waals surface area contributed by atoms with Gasteiger partial charge in [0.05, 0.1) is 24.8 Å². The first-order chi connectivity index (χ1) is 14.0. The number of rotatable bonds is 7. The molecule has 4 aliphatic carbocycles. The lowest BCUT2D eigenvalue weighted by Gasteiger charge is -2.57. The molecule has 1 heterocycles. The quantitative estimate of drug-likeness (QED) is 0.710. The van der Waals surface area contributed by atoms with Crippen molar-refractivity contribution in [3.63, 3.8) is 0 Å². The number of imide groups is 1. The van der Waals surface area contributed by atoms with E-state index in [9.17, 15) is 9.59 Å². The Morgan fingerprint density at radius 2 is 1.66 bits per heavy atom. The maximum atomic E-state index is 13.0. The first-order valence-electron chi connectivity index (χ1n) is 11.4. The van der Waals surface area contributed by atoms with Crippen molar-refractivity contribution >= 4 is 17.5 Å². The standard InChI is InChI=1S/C24H32N2O3/c1-2-7-29-20-5-3-19(4-6-20)26-22(27)11-21(23(26)28)25-15-24-12-16-8-17(13-24)10-18(9-16)14-24/h3-6,16-18,21,25H,2,7-15H2,1H3. The van der Waals surface area contributed by atoms with E-state index in [1.807, 2.05) is 24.3 Å². The van der Waals surface area contributed by atoms with Gasteiger partial charge in [0.25, 0.3) is 5.91 Å².